The third-order valence-electron chi connectivity index (χ3n) is 3.58. The standard InChI is InChI=1S/C11H13ClN4O2/c12-7-3-13-9(15-10(7)17)11(18)14-8-5-16-2-1-6(8)4-16/h3,6,8H,1-2,4-5H2,(H,14,18)(H,13,15,17)/t6-,8?/m0/s1. The van der Waals surface area contributed by atoms with E-state index in [1.807, 2.05) is 0 Å². The highest BCUT2D eigenvalue weighted by Gasteiger charge is 2.38. The molecule has 3 heterocycles. The van der Waals surface area contributed by atoms with Crippen LogP contribution in [0.3, 0.4) is 0 Å². The van der Waals surface area contributed by atoms with E-state index < -0.39 is 0 Å². The molecule has 6 nitrogen and oxygen atoms in total. The molecule has 1 aromatic heterocycles. The number of fused-ring (bicyclic) bond motifs is 2. The molecule has 0 aromatic carbocycles. The fraction of sp³-hybridized carbons (Fsp3) is 0.545. The summed E-state index contributed by atoms with van der Waals surface area (Å²) in [6.45, 7) is 3.06. The summed E-state index contributed by atoms with van der Waals surface area (Å²) in [5, 5.41) is 12.3. The Hall–Kier alpha value is -1.40. The zero-order chi connectivity index (χ0) is 12.7. The van der Waals surface area contributed by atoms with E-state index in [4.69, 9.17) is 11.6 Å². The minimum absolute atomic E-state index is 0.0394. The monoisotopic (exact) mass is 268 g/mol. The van der Waals surface area contributed by atoms with E-state index in [9.17, 15) is 9.90 Å². The van der Waals surface area contributed by atoms with Crippen molar-refractivity contribution in [3.63, 3.8) is 0 Å². The number of aromatic nitrogens is 2. The molecule has 96 valence electrons. The first-order valence-electron chi connectivity index (χ1n) is 5.88. The number of piperidine rings is 1. The first-order chi connectivity index (χ1) is 8.63. The van der Waals surface area contributed by atoms with Gasteiger partial charge in [-0.1, -0.05) is 11.6 Å². The van der Waals surface area contributed by atoms with Crippen LogP contribution in [0.4, 0.5) is 0 Å². The zero-order valence-corrected chi connectivity index (χ0v) is 10.4. The van der Waals surface area contributed by atoms with Gasteiger partial charge in [0, 0.05) is 19.1 Å². The maximum atomic E-state index is 11.9. The van der Waals surface area contributed by atoms with Crippen LogP contribution in [-0.4, -0.2) is 51.6 Å². The summed E-state index contributed by atoms with van der Waals surface area (Å²) in [6.07, 6.45) is 2.35. The minimum Gasteiger partial charge on any atom is -0.492 e. The number of nitrogens with one attached hydrogen (secondary N) is 1. The second kappa shape index (κ2) is 4.37. The lowest BCUT2D eigenvalue weighted by Crippen LogP contribution is -2.43. The van der Waals surface area contributed by atoms with Crippen LogP contribution in [0.15, 0.2) is 6.20 Å². The van der Waals surface area contributed by atoms with E-state index in [1.54, 1.807) is 0 Å². The van der Waals surface area contributed by atoms with Gasteiger partial charge < -0.3 is 15.3 Å². The molecule has 3 rings (SSSR count). The zero-order valence-electron chi connectivity index (χ0n) is 9.64. The van der Waals surface area contributed by atoms with Crippen LogP contribution in [0, 0.1) is 5.92 Å². The first-order valence-corrected chi connectivity index (χ1v) is 6.26. The van der Waals surface area contributed by atoms with Crippen LogP contribution in [0.2, 0.25) is 5.02 Å². The topological polar surface area (TPSA) is 78.4 Å². The van der Waals surface area contributed by atoms with Crippen molar-refractivity contribution in [2.24, 2.45) is 5.92 Å². The van der Waals surface area contributed by atoms with Gasteiger partial charge >= 0.3 is 0 Å². The summed E-state index contributed by atoms with van der Waals surface area (Å²) < 4.78 is 0. The fourth-order valence-electron chi connectivity index (χ4n) is 2.65. The fourth-order valence-corrected chi connectivity index (χ4v) is 2.74. The van der Waals surface area contributed by atoms with E-state index in [2.05, 4.69) is 20.2 Å². The van der Waals surface area contributed by atoms with Gasteiger partial charge in [-0.3, -0.25) is 4.79 Å². The molecule has 18 heavy (non-hydrogen) atoms. The second-order valence-corrected chi connectivity index (χ2v) is 5.16. The number of carbonyl (C=O) groups excluding carboxylic acids is 1. The van der Waals surface area contributed by atoms with Gasteiger partial charge in [0.1, 0.15) is 5.02 Å². The number of halogens is 1. The Balaban J connectivity index is 1.69. The summed E-state index contributed by atoms with van der Waals surface area (Å²) in [4.78, 5) is 21.7. The van der Waals surface area contributed by atoms with E-state index >= 15 is 0 Å². The van der Waals surface area contributed by atoms with Crippen molar-refractivity contribution in [1.82, 2.24) is 20.2 Å². The molecule has 1 aromatic rings. The minimum atomic E-state index is -0.367. The summed E-state index contributed by atoms with van der Waals surface area (Å²) in [6, 6.07) is 0.160. The Labute approximate surface area is 109 Å². The third kappa shape index (κ3) is 2.02. The maximum absolute atomic E-state index is 11.9. The molecule has 2 N–H and O–H groups in total. The molecule has 1 amide bonds. The Morgan fingerprint density at radius 3 is 3.00 bits per heavy atom. The van der Waals surface area contributed by atoms with E-state index in [-0.39, 0.29) is 28.7 Å². The smallest absolute Gasteiger partial charge is 0.289 e. The van der Waals surface area contributed by atoms with Gasteiger partial charge in [0.15, 0.2) is 0 Å². The van der Waals surface area contributed by atoms with Gasteiger partial charge in [0.2, 0.25) is 11.7 Å². The number of carbonyl (C=O) groups is 1. The molecule has 0 saturated carbocycles. The predicted molar refractivity (Wildman–Crippen MR) is 64.5 cm³/mol. The van der Waals surface area contributed by atoms with Crippen LogP contribution in [0.25, 0.3) is 0 Å². The van der Waals surface area contributed by atoms with Gasteiger partial charge in [0.25, 0.3) is 5.91 Å². The SMILES string of the molecule is O=C(NC1CN2CC[C@H]1C2)c1ncc(Cl)c(O)n1. The molecule has 0 aliphatic carbocycles. The van der Waals surface area contributed by atoms with Crippen molar-refractivity contribution in [1.29, 1.82) is 0 Å². The van der Waals surface area contributed by atoms with Crippen LogP contribution in [0.1, 0.15) is 17.0 Å². The quantitative estimate of drug-likeness (QED) is 0.805. The van der Waals surface area contributed by atoms with Gasteiger partial charge in [-0.15, -0.1) is 0 Å². The van der Waals surface area contributed by atoms with Crippen molar-refractivity contribution in [2.75, 3.05) is 19.6 Å². The highest BCUT2D eigenvalue weighted by atomic mass is 35.5. The Morgan fingerprint density at radius 2 is 2.39 bits per heavy atom. The van der Waals surface area contributed by atoms with Gasteiger partial charge in [-0.25, -0.2) is 4.98 Å². The van der Waals surface area contributed by atoms with Gasteiger partial charge in [0.05, 0.1) is 6.20 Å². The predicted octanol–water partition coefficient (Wildman–Crippen LogP) is 0.269. The number of rotatable bonds is 2. The van der Waals surface area contributed by atoms with Crippen LogP contribution in [0.5, 0.6) is 5.88 Å². The summed E-state index contributed by atoms with van der Waals surface area (Å²) in [5.41, 5.74) is 0. The summed E-state index contributed by atoms with van der Waals surface area (Å²) >= 11 is 5.59. The Bertz CT molecular complexity index is 496. The van der Waals surface area contributed by atoms with E-state index in [0.29, 0.717) is 5.92 Å². The first kappa shape index (κ1) is 11.7. The lowest BCUT2D eigenvalue weighted by atomic mass is 10.00. The molecule has 3 atom stereocenters. The molecule has 0 radical (unpaired) electrons. The molecular weight excluding hydrogens is 256 g/mol. The Kier molecular flexibility index (Phi) is 2.83. The number of amides is 1. The lowest BCUT2D eigenvalue weighted by Gasteiger charge is -2.22. The molecule has 2 saturated heterocycles. The normalized spacial score (nSPS) is 29.5. The van der Waals surface area contributed by atoms with Crippen molar-refractivity contribution >= 4 is 17.5 Å². The van der Waals surface area contributed by atoms with E-state index in [0.717, 1.165) is 26.1 Å². The van der Waals surface area contributed by atoms with Crippen molar-refractivity contribution in [3.8, 4) is 5.88 Å². The summed E-state index contributed by atoms with van der Waals surface area (Å²) in [5.74, 6) is -0.251. The molecular formula is C11H13ClN4O2. The Morgan fingerprint density at radius 1 is 1.56 bits per heavy atom. The molecule has 2 aliphatic heterocycles. The van der Waals surface area contributed by atoms with Gasteiger partial charge in [-0.05, 0) is 18.9 Å². The highest BCUT2D eigenvalue weighted by Crippen LogP contribution is 2.27. The second-order valence-electron chi connectivity index (χ2n) is 4.75. The van der Waals surface area contributed by atoms with Crippen LogP contribution in [-0.2, 0) is 0 Å². The largest absolute Gasteiger partial charge is 0.492 e. The van der Waals surface area contributed by atoms with Gasteiger partial charge in [-0.2, -0.15) is 4.98 Å². The molecule has 2 fully saturated rings. The molecule has 2 unspecified atom stereocenters. The average molecular weight is 269 g/mol. The number of nitrogens with zero attached hydrogens (tertiary/aromatic N) is 3. The molecule has 2 bridgehead atoms. The van der Waals surface area contributed by atoms with Crippen molar-refractivity contribution in [2.45, 2.75) is 12.5 Å². The third-order valence-corrected chi connectivity index (χ3v) is 3.84. The number of hydrogen-bond acceptors (Lipinski definition) is 5. The number of hydrogen-bond donors (Lipinski definition) is 2. The average Bonchev–Trinajstić information content (AvgIpc) is 2.94. The molecule has 2 aliphatic rings. The van der Waals surface area contributed by atoms with Crippen molar-refractivity contribution in [3.05, 3.63) is 17.0 Å². The summed E-state index contributed by atoms with van der Waals surface area (Å²) in [7, 11) is 0. The van der Waals surface area contributed by atoms with Crippen molar-refractivity contribution < 1.29 is 9.90 Å². The highest BCUT2D eigenvalue weighted by molar-refractivity contribution is 6.31. The van der Waals surface area contributed by atoms with Crippen LogP contribution < -0.4 is 5.32 Å². The molecule has 7 heteroatoms. The van der Waals surface area contributed by atoms with E-state index in [1.165, 1.54) is 6.20 Å². The maximum Gasteiger partial charge on any atom is 0.289 e. The lowest BCUT2D eigenvalue weighted by molar-refractivity contribution is 0.0912. The van der Waals surface area contributed by atoms with Crippen LogP contribution >= 0.6 is 11.6 Å². The molecule has 0 spiro atoms. The number of aromatic hydroxyl groups is 1.